The molecule has 1 aromatic heterocycles. The molecule has 1 atom stereocenters. The molecule has 1 nitrogen and oxygen atoms in total. The molecular weight excluding hydrogens is 289 g/mol. The lowest BCUT2D eigenvalue weighted by atomic mass is 10.1. The van der Waals surface area contributed by atoms with E-state index >= 15 is 0 Å². The van der Waals surface area contributed by atoms with E-state index in [1.54, 1.807) is 17.8 Å². The lowest BCUT2D eigenvalue weighted by Gasteiger charge is -2.16. The molecule has 0 N–H and O–H groups in total. The van der Waals surface area contributed by atoms with Crippen molar-refractivity contribution in [2.45, 2.75) is 16.3 Å². The molecule has 0 fully saturated rings. The lowest BCUT2D eigenvalue weighted by Crippen LogP contribution is -2.03. The molecule has 0 amide bonds. The molecule has 2 aliphatic rings. The van der Waals surface area contributed by atoms with Gasteiger partial charge < -0.3 is 4.57 Å². The largest absolute Gasteiger partial charge is 0.318 e. The van der Waals surface area contributed by atoms with E-state index < -0.39 is 0 Å². The maximum atomic E-state index is 13.8. The Kier molecular flexibility index (Phi) is 2.56. The van der Waals surface area contributed by atoms with Crippen LogP contribution < -0.4 is 0 Å². The van der Waals surface area contributed by atoms with Crippen LogP contribution in [0, 0.1) is 0 Å². The topological polar surface area (TPSA) is 4.93 Å². The van der Waals surface area contributed by atoms with Gasteiger partial charge in [0.2, 0.25) is 0 Å². The highest BCUT2D eigenvalue weighted by molar-refractivity contribution is 9.09. The van der Waals surface area contributed by atoms with E-state index in [9.17, 15) is 4.39 Å². The summed E-state index contributed by atoms with van der Waals surface area (Å²) in [4.78, 5) is 1.20. The Morgan fingerprint density at radius 1 is 1.50 bits per heavy atom. The summed E-state index contributed by atoms with van der Waals surface area (Å²) in [6.07, 6.45) is 8.22. The van der Waals surface area contributed by atoms with Gasteiger partial charge in [0.25, 0.3) is 0 Å². The Morgan fingerprint density at radius 3 is 3.25 bits per heavy atom. The number of halogens is 2. The first-order valence-electron chi connectivity index (χ1n) is 5.02. The van der Waals surface area contributed by atoms with E-state index in [2.05, 4.69) is 15.9 Å². The van der Waals surface area contributed by atoms with Crippen molar-refractivity contribution in [3.8, 4) is 0 Å². The number of alkyl halides is 1. The van der Waals surface area contributed by atoms with Crippen LogP contribution in [0.1, 0.15) is 6.42 Å². The van der Waals surface area contributed by atoms with E-state index in [-0.39, 0.29) is 10.7 Å². The van der Waals surface area contributed by atoms with Crippen molar-refractivity contribution in [3.05, 3.63) is 46.8 Å². The van der Waals surface area contributed by atoms with Crippen LogP contribution in [0.5, 0.6) is 0 Å². The van der Waals surface area contributed by atoms with Crippen molar-refractivity contribution in [1.29, 1.82) is 0 Å². The average Bonchev–Trinajstić information content (AvgIpc) is 2.57. The Hall–Kier alpha value is -0.740. The van der Waals surface area contributed by atoms with Gasteiger partial charge in [0.15, 0.2) is 0 Å². The fraction of sp³-hybridized carbons (Fsp3) is 0.167. The van der Waals surface area contributed by atoms with Crippen LogP contribution in [0.4, 0.5) is 4.39 Å². The van der Waals surface area contributed by atoms with Crippen molar-refractivity contribution in [2.75, 3.05) is 0 Å². The number of nitrogens with zero attached hydrogens (tertiary/aromatic N) is 1. The molecular formula is C12H9BrFNS. The molecule has 1 aromatic rings. The second kappa shape index (κ2) is 3.93. The van der Waals surface area contributed by atoms with Crippen LogP contribution in [0.2, 0.25) is 0 Å². The summed E-state index contributed by atoms with van der Waals surface area (Å²) in [6, 6.07) is 4.04. The molecule has 16 heavy (non-hydrogen) atoms. The first-order chi connectivity index (χ1) is 7.74. The van der Waals surface area contributed by atoms with Gasteiger partial charge in [-0.05, 0) is 30.7 Å². The highest BCUT2D eigenvalue weighted by Crippen LogP contribution is 2.42. The van der Waals surface area contributed by atoms with E-state index in [0.29, 0.717) is 0 Å². The van der Waals surface area contributed by atoms with Crippen LogP contribution in [0.25, 0.3) is 6.20 Å². The standard InChI is InChI=1S/C12H9BrFNS/c13-8-6-10(14)9-3-5-15-4-1-2-12(15)16-11(9)7-8/h1-6,8H,7H2. The molecule has 1 aliphatic heterocycles. The normalized spacial score (nSPS) is 23.6. The molecule has 0 aromatic carbocycles. The molecule has 4 heteroatoms. The molecule has 0 bridgehead atoms. The van der Waals surface area contributed by atoms with Gasteiger partial charge in [0, 0.05) is 27.7 Å². The zero-order chi connectivity index (χ0) is 11.1. The van der Waals surface area contributed by atoms with Crippen molar-refractivity contribution >= 4 is 33.9 Å². The smallest absolute Gasteiger partial charge is 0.128 e. The maximum Gasteiger partial charge on any atom is 0.128 e. The number of hydrogen-bond acceptors (Lipinski definition) is 1. The van der Waals surface area contributed by atoms with Gasteiger partial charge >= 0.3 is 0 Å². The maximum absolute atomic E-state index is 13.8. The molecule has 0 saturated carbocycles. The van der Waals surface area contributed by atoms with Gasteiger partial charge in [-0.3, -0.25) is 0 Å². The van der Waals surface area contributed by atoms with E-state index in [1.807, 2.05) is 35.2 Å². The summed E-state index contributed by atoms with van der Waals surface area (Å²) in [5.41, 5.74) is 0.726. The molecule has 0 radical (unpaired) electrons. The minimum Gasteiger partial charge on any atom is -0.318 e. The highest BCUT2D eigenvalue weighted by atomic mass is 79.9. The summed E-state index contributed by atoms with van der Waals surface area (Å²) in [6.45, 7) is 0. The Labute approximate surface area is 106 Å². The Bertz CT molecular complexity index is 527. The third-order valence-electron chi connectivity index (χ3n) is 2.63. The van der Waals surface area contributed by atoms with Crippen LogP contribution in [0.3, 0.4) is 0 Å². The second-order valence-electron chi connectivity index (χ2n) is 3.74. The van der Waals surface area contributed by atoms with Gasteiger partial charge in [0.1, 0.15) is 5.83 Å². The number of allylic oxidation sites excluding steroid dienone is 5. The molecule has 1 aliphatic carbocycles. The predicted octanol–water partition coefficient (Wildman–Crippen LogP) is 4.34. The van der Waals surface area contributed by atoms with Crippen LogP contribution in [-0.4, -0.2) is 9.39 Å². The monoisotopic (exact) mass is 297 g/mol. The van der Waals surface area contributed by atoms with Crippen molar-refractivity contribution < 1.29 is 4.39 Å². The Balaban J connectivity index is 2.07. The molecule has 82 valence electrons. The third-order valence-corrected chi connectivity index (χ3v) is 4.41. The molecule has 0 saturated heterocycles. The van der Waals surface area contributed by atoms with Crippen LogP contribution in [-0.2, 0) is 0 Å². The van der Waals surface area contributed by atoms with Crippen LogP contribution >= 0.6 is 27.7 Å². The van der Waals surface area contributed by atoms with Gasteiger partial charge in [0.05, 0.1) is 5.03 Å². The minimum absolute atomic E-state index is 0.105. The lowest BCUT2D eigenvalue weighted by molar-refractivity contribution is 0.642. The number of aromatic nitrogens is 1. The molecule has 1 unspecified atom stereocenters. The minimum atomic E-state index is -0.127. The summed E-state index contributed by atoms with van der Waals surface area (Å²) in [7, 11) is 0. The first kappa shape index (κ1) is 10.4. The Morgan fingerprint density at radius 2 is 2.38 bits per heavy atom. The third kappa shape index (κ3) is 1.70. The number of hydrogen-bond donors (Lipinski definition) is 0. The SMILES string of the molecule is FC1=CC(Br)CC2=C1C=Cn1cccc1S2. The predicted molar refractivity (Wildman–Crippen MR) is 69.2 cm³/mol. The van der Waals surface area contributed by atoms with Crippen molar-refractivity contribution in [3.63, 3.8) is 0 Å². The van der Waals surface area contributed by atoms with Gasteiger partial charge in [-0.1, -0.05) is 27.7 Å². The van der Waals surface area contributed by atoms with Gasteiger partial charge in [-0.2, -0.15) is 0 Å². The van der Waals surface area contributed by atoms with Gasteiger partial charge in [-0.15, -0.1) is 0 Å². The van der Waals surface area contributed by atoms with E-state index in [0.717, 1.165) is 21.9 Å². The quantitative estimate of drug-likeness (QED) is 0.645. The zero-order valence-corrected chi connectivity index (χ0v) is 10.8. The van der Waals surface area contributed by atoms with Crippen molar-refractivity contribution in [1.82, 2.24) is 4.57 Å². The van der Waals surface area contributed by atoms with E-state index in [4.69, 9.17) is 0 Å². The fourth-order valence-electron chi connectivity index (χ4n) is 1.87. The van der Waals surface area contributed by atoms with Crippen LogP contribution in [0.15, 0.2) is 51.8 Å². The number of thioether (sulfide) groups is 1. The van der Waals surface area contributed by atoms with Crippen molar-refractivity contribution in [2.24, 2.45) is 0 Å². The highest BCUT2D eigenvalue weighted by Gasteiger charge is 2.22. The number of fused-ring (bicyclic) bond motifs is 1. The fourth-order valence-corrected chi connectivity index (χ4v) is 3.80. The number of rotatable bonds is 0. The first-order valence-corrected chi connectivity index (χ1v) is 6.75. The summed E-state index contributed by atoms with van der Waals surface area (Å²) < 4.78 is 15.8. The second-order valence-corrected chi connectivity index (χ2v) is 6.03. The summed E-state index contributed by atoms with van der Waals surface area (Å²) in [5, 5.41) is 1.13. The summed E-state index contributed by atoms with van der Waals surface area (Å²) in [5.74, 6) is -0.127. The zero-order valence-electron chi connectivity index (χ0n) is 8.36. The summed E-state index contributed by atoms with van der Waals surface area (Å²) >= 11 is 5.10. The molecule has 2 heterocycles. The van der Waals surface area contributed by atoms with Gasteiger partial charge in [-0.25, -0.2) is 4.39 Å². The molecule has 0 spiro atoms. The average molecular weight is 298 g/mol. The van der Waals surface area contributed by atoms with E-state index in [1.165, 1.54) is 0 Å². The molecule has 3 rings (SSSR count).